The molecular weight excluding hydrogens is 396 g/mol. The van der Waals surface area contributed by atoms with E-state index in [0.717, 1.165) is 11.1 Å². The van der Waals surface area contributed by atoms with E-state index in [2.05, 4.69) is 20.3 Å². The number of aromatic nitrogens is 5. The van der Waals surface area contributed by atoms with Crippen molar-refractivity contribution in [2.24, 2.45) is 0 Å². The molecule has 0 atom stereocenters. The average molecular weight is 415 g/mol. The number of halogens is 2. The van der Waals surface area contributed by atoms with Gasteiger partial charge >= 0.3 is 0 Å². The van der Waals surface area contributed by atoms with E-state index in [4.69, 9.17) is 14.6 Å². The van der Waals surface area contributed by atoms with E-state index < -0.39 is 11.6 Å². The Balaban J connectivity index is 1.75. The number of ether oxygens (including phenoxy) is 2. The van der Waals surface area contributed by atoms with Gasteiger partial charge in [0.15, 0.2) is 28.8 Å². The summed E-state index contributed by atoms with van der Waals surface area (Å²) in [5.41, 5.74) is 2.27. The summed E-state index contributed by atoms with van der Waals surface area (Å²) in [5, 5.41) is 20.8. The van der Waals surface area contributed by atoms with Crippen molar-refractivity contribution in [1.29, 1.82) is 0 Å². The van der Waals surface area contributed by atoms with E-state index in [-0.39, 0.29) is 30.1 Å². The van der Waals surface area contributed by atoms with Gasteiger partial charge in [0.2, 0.25) is 0 Å². The van der Waals surface area contributed by atoms with Gasteiger partial charge in [0.1, 0.15) is 0 Å². The van der Waals surface area contributed by atoms with Crippen LogP contribution in [-0.2, 0) is 13.0 Å². The van der Waals surface area contributed by atoms with Gasteiger partial charge in [-0.05, 0) is 6.07 Å². The van der Waals surface area contributed by atoms with Crippen molar-refractivity contribution < 1.29 is 23.4 Å². The van der Waals surface area contributed by atoms with Crippen LogP contribution in [0.15, 0.2) is 30.7 Å². The first kappa shape index (κ1) is 19.8. The second-order valence-corrected chi connectivity index (χ2v) is 6.57. The molecule has 8 nitrogen and oxygen atoms in total. The highest BCUT2D eigenvalue weighted by molar-refractivity contribution is 5.83. The first-order valence-corrected chi connectivity index (χ1v) is 9.11. The number of aliphatic hydroxyl groups is 1. The number of methoxy groups -OCH3 is 2. The van der Waals surface area contributed by atoms with E-state index in [1.54, 1.807) is 23.3 Å². The van der Waals surface area contributed by atoms with Gasteiger partial charge in [0.25, 0.3) is 0 Å². The fraction of sp³-hybridized carbons (Fsp3) is 0.250. The maximum atomic E-state index is 14.8. The minimum Gasteiger partial charge on any atom is -0.494 e. The zero-order valence-electron chi connectivity index (χ0n) is 16.3. The van der Waals surface area contributed by atoms with Crippen molar-refractivity contribution in [3.05, 3.63) is 53.6 Å². The van der Waals surface area contributed by atoms with E-state index in [0.29, 0.717) is 23.3 Å². The van der Waals surface area contributed by atoms with Crippen molar-refractivity contribution in [2.75, 3.05) is 20.8 Å². The highest BCUT2D eigenvalue weighted by atomic mass is 19.1. The van der Waals surface area contributed by atoms with Gasteiger partial charge in [-0.3, -0.25) is 9.78 Å². The number of aliphatic hydroxyl groups excluding tert-OH is 1. The second kappa shape index (κ2) is 8.07. The average Bonchev–Trinajstić information content (AvgIpc) is 3.38. The second-order valence-electron chi connectivity index (χ2n) is 6.57. The number of nitrogens with one attached hydrogen (secondary N) is 1. The molecule has 156 valence electrons. The number of rotatable bonds is 7. The Bertz CT molecular complexity index is 1180. The number of benzene rings is 1. The molecule has 3 heterocycles. The van der Waals surface area contributed by atoms with Gasteiger partial charge in [-0.25, -0.2) is 13.8 Å². The summed E-state index contributed by atoms with van der Waals surface area (Å²) in [6.45, 7) is 0.355. The van der Waals surface area contributed by atoms with E-state index in [1.807, 2.05) is 6.07 Å². The number of pyridine rings is 1. The van der Waals surface area contributed by atoms with Gasteiger partial charge in [0.05, 0.1) is 39.3 Å². The van der Waals surface area contributed by atoms with Crippen LogP contribution in [-0.4, -0.2) is 50.9 Å². The monoisotopic (exact) mass is 415 g/mol. The Kier molecular flexibility index (Phi) is 5.32. The number of fused-ring (bicyclic) bond motifs is 1. The van der Waals surface area contributed by atoms with E-state index >= 15 is 0 Å². The SMILES string of the molecule is COc1cc(OC)c(F)c(Cc2n[nH]c3ncc(-c4cnn(CCO)c4)cc23)c1F. The smallest absolute Gasteiger partial charge is 0.171 e. The third-order valence-electron chi connectivity index (χ3n) is 4.80. The number of nitrogens with zero attached hydrogens (tertiary/aromatic N) is 4. The predicted octanol–water partition coefficient (Wildman–Crippen LogP) is 2.70. The summed E-state index contributed by atoms with van der Waals surface area (Å²) >= 11 is 0. The Labute approximate surface area is 170 Å². The van der Waals surface area contributed by atoms with Crippen LogP contribution in [0.5, 0.6) is 11.5 Å². The lowest BCUT2D eigenvalue weighted by Gasteiger charge is -2.12. The molecule has 0 spiro atoms. The summed E-state index contributed by atoms with van der Waals surface area (Å²) < 4.78 is 41.1. The van der Waals surface area contributed by atoms with Gasteiger partial charge in [-0.15, -0.1) is 0 Å². The molecule has 4 rings (SSSR count). The van der Waals surface area contributed by atoms with Crippen LogP contribution in [0, 0.1) is 11.6 Å². The molecule has 0 saturated carbocycles. The quantitative estimate of drug-likeness (QED) is 0.482. The number of hydrogen-bond donors (Lipinski definition) is 2. The lowest BCUT2D eigenvalue weighted by molar-refractivity contribution is 0.269. The van der Waals surface area contributed by atoms with Gasteiger partial charge in [0, 0.05) is 47.0 Å². The Morgan fingerprint density at radius 3 is 2.47 bits per heavy atom. The predicted molar refractivity (Wildman–Crippen MR) is 104 cm³/mol. The van der Waals surface area contributed by atoms with Gasteiger partial charge in [-0.1, -0.05) is 0 Å². The van der Waals surface area contributed by atoms with Gasteiger partial charge < -0.3 is 14.6 Å². The summed E-state index contributed by atoms with van der Waals surface area (Å²) in [6, 6.07) is 3.00. The van der Waals surface area contributed by atoms with Crippen LogP contribution in [0.2, 0.25) is 0 Å². The van der Waals surface area contributed by atoms with Crippen LogP contribution in [0.25, 0.3) is 22.2 Å². The van der Waals surface area contributed by atoms with Crippen molar-refractivity contribution in [3.8, 4) is 22.6 Å². The van der Waals surface area contributed by atoms with Crippen LogP contribution in [0.3, 0.4) is 0 Å². The highest BCUT2D eigenvalue weighted by Crippen LogP contribution is 2.33. The lowest BCUT2D eigenvalue weighted by atomic mass is 10.0. The highest BCUT2D eigenvalue weighted by Gasteiger charge is 2.22. The maximum Gasteiger partial charge on any atom is 0.171 e. The van der Waals surface area contributed by atoms with Crippen molar-refractivity contribution in [3.63, 3.8) is 0 Å². The van der Waals surface area contributed by atoms with Crippen LogP contribution < -0.4 is 9.47 Å². The summed E-state index contributed by atoms with van der Waals surface area (Å²) in [5.74, 6) is -1.83. The van der Waals surface area contributed by atoms with Gasteiger partial charge in [-0.2, -0.15) is 10.2 Å². The molecule has 10 heteroatoms. The first-order valence-electron chi connectivity index (χ1n) is 9.11. The molecule has 0 bridgehead atoms. The van der Waals surface area contributed by atoms with Crippen molar-refractivity contribution in [2.45, 2.75) is 13.0 Å². The molecule has 0 unspecified atom stereocenters. The molecule has 3 aromatic heterocycles. The minimum atomic E-state index is -0.804. The van der Waals surface area contributed by atoms with E-state index in [1.165, 1.54) is 20.3 Å². The third-order valence-corrected chi connectivity index (χ3v) is 4.80. The fourth-order valence-corrected chi connectivity index (χ4v) is 3.24. The normalized spacial score (nSPS) is 11.2. The number of hydrogen-bond acceptors (Lipinski definition) is 6. The minimum absolute atomic E-state index is 0.0224. The molecule has 0 radical (unpaired) electrons. The molecule has 30 heavy (non-hydrogen) atoms. The molecule has 0 aliphatic heterocycles. The summed E-state index contributed by atoms with van der Waals surface area (Å²) in [7, 11) is 2.60. The topological polar surface area (TPSA) is 98.1 Å². The molecule has 0 fully saturated rings. The number of H-pyrrole nitrogens is 1. The Hall–Kier alpha value is -3.53. The molecule has 2 N–H and O–H groups in total. The Morgan fingerprint density at radius 1 is 1.07 bits per heavy atom. The maximum absolute atomic E-state index is 14.8. The molecular formula is C20H19F2N5O3. The zero-order chi connectivity index (χ0) is 21.3. The third kappa shape index (κ3) is 3.45. The number of aromatic amines is 1. The van der Waals surface area contributed by atoms with Crippen LogP contribution >= 0.6 is 0 Å². The van der Waals surface area contributed by atoms with E-state index in [9.17, 15) is 8.78 Å². The molecule has 4 aromatic rings. The lowest BCUT2D eigenvalue weighted by Crippen LogP contribution is -2.03. The molecule has 0 aliphatic rings. The zero-order valence-corrected chi connectivity index (χ0v) is 16.3. The standard InChI is InChI=1S/C20H19F2N5O3/c1-29-16-7-17(30-2)19(22)14(18(16)21)6-15-13-5-11(8-23-20(13)26-25-15)12-9-24-27(10-12)3-4-28/h5,7-10,28H,3-4,6H2,1-2H3,(H,23,25,26). The summed E-state index contributed by atoms with van der Waals surface area (Å²) in [6.07, 6.45) is 4.97. The largest absolute Gasteiger partial charge is 0.494 e. The first-order chi connectivity index (χ1) is 14.5. The molecule has 0 amide bonds. The Morgan fingerprint density at radius 2 is 1.80 bits per heavy atom. The molecule has 0 saturated heterocycles. The molecule has 0 aliphatic carbocycles. The van der Waals surface area contributed by atoms with Crippen molar-refractivity contribution in [1.82, 2.24) is 25.0 Å². The molecule has 1 aromatic carbocycles. The van der Waals surface area contributed by atoms with Crippen molar-refractivity contribution >= 4 is 11.0 Å². The van der Waals surface area contributed by atoms with Crippen LogP contribution in [0.1, 0.15) is 11.3 Å². The summed E-state index contributed by atoms with van der Waals surface area (Å²) in [4.78, 5) is 4.35. The van der Waals surface area contributed by atoms with Crippen LogP contribution in [0.4, 0.5) is 8.78 Å². The fourth-order valence-electron chi connectivity index (χ4n) is 3.24.